The van der Waals surface area contributed by atoms with Crippen LogP contribution in [0.25, 0.3) is 0 Å². The first-order valence-electron chi connectivity index (χ1n) is 9.42. The van der Waals surface area contributed by atoms with E-state index in [0.29, 0.717) is 6.42 Å². The number of fused-ring (bicyclic) bond motifs is 1. The Kier molecular flexibility index (Phi) is 6.49. The van der Waals surface area contributed by atoms with Crippen molar-refractivity contribution in [3.05, 3.63) is 71.3 Å². The van der Waals surface area contributed by atoms with Crippen LogP contribution in [0.4, 0.5) is 4.79 Å². The summed E-state index contributed by atoms with van der Waals surface area (Å²) in [6.45, 7) is 1.91. The summed E-state index contributed by atoms with van der Waals surface area (Å²) in [5.74, 6) is -0.971. The molecule has 0 saturated carbocycles. The highest BCUT2D eigenvalue weighted by atomic mass is 16.6. The van der Waals surface area contributed by atoms with Crippen LogP contribution in [0.15, 0.2) is 54.6 Å². The Balaban J connectivity index is 1.76. The van der Waals surface area contributed by atoms with Crippen molar-refractivity contribution in [2.24, 2.45) is 0 Å². The average Bonchev–Trinajstić information content (AvgIpc) is 2.76. The Labute approximate surface area is 169 Å². The van der Waals surface area contributed by atoms with E-state index in [4.69, 9.17) is 4.74 Å². The van der Waals surface area contributed by atoms with Crippen LogP contribution in [0.2, 0.25) is 0 Å². The van der Waals surface area contributed by atoms with E-state index in [9.17, 15) is 14.4 Å². The van der Waals surface area contributed by atoms with Crippen LogP contribution in [0.5, 0.6) is 0 Å². The van der Waals surface area contributed by atoms with Crippen LogP contribution in [0.3, 0.4) is 0 Å². The van der Waals surface area contributed by atoms with Crippen LogP contribution in [-0.2, 0) is 38.6 Å². The van der Waals surface area contributed by atoms with Crippen LogP contribution >= 0.6 is 0 Å². The minimum absolute atomic E-state index is 0.116. The smallest absolute Gasteiger partial charge is 0.411 e. The van der Waals surface area contributed by atoms with Gasteiger partial charge >= 0.3 is 12.1 Å². The molecule has 1 N–H and O–H groups in total. The van der Waals surface area contributed by atoms with Crippen molar-refractivity contribution in [1.29, 1.82) is 0 Å². The van der Waals surface area contributed by atoms with Gasteiger partial charge in [0.15, 0.2) is 0 Å². The Morgan fingerprint density at radius 2 is 1.72 bits per heavy atom. The lowest BCUT2D eigenvalue weighted by molar-refractivity contribution is -0.145. The fourth-order valence-electron chi connectivity index (χ4n) is 3.30. The van der Waals surface area contributed by atoms with Crippen LogP contribution in [-0.4, -0.2) is 42.1 Å². The van der Waals surface area contributed by atoms with Gasteiger partial charge in [0.2, 0.25) is 5.91 Å². The number of carbonyl (C=O) groups is 3. The Morgan fingerprint density at radius 1 is 1.07 bits per heavy atom. The second kappa shape index (κ2) is 9.23. The van der Waals surface area contributed by atoms with Crippen molar-refractivity contribution in [3.8, 4) is 0 Å². The highest BCUT2D eigenvalue weighted by Crippen LogP contribution is 2.24. The molecule has 1 aliphatic heterocycles. The summed E-state index contributed by atoms with van der Waals surface area (Å²) in [6, 6.07) is 15.4. The molecule has 2 atom stereocenters. The van der Waals surface area contributed by atoms with Gasteiger partial charge in [-0.1, -0.05) is 54.6 Å². The molecule has 2 aromatic rings. The van der Waals surface area contributed by atoms with E-state index >= 15 is 0 Å². The maximum absolute atomic E-state index is 12.9. The highest BCUT2D eigenvalue weighted by molar-refractivity contribution is 5.90. The van der Waals surface area contributed by atoms with Gasteiger partial charge in [-0.3, -0.25) is 9.69 Å². The molecule has 7 nitrogen and oxygen atoms in total. The number of rotatable bonds is 5. The molecule has 0 radical (unpaired) electrons. The van der Waals surface area contributed by atoms with E-state index in [1.807, 2.05) is 54.6 Å². The van der Waals surface area contributed by atoms with Gasteiger partial charge in [-0.25, -0.2) is 9.59 Å². The molecule has 0 aliphatic carbocycles. The molecule has 2 aromatic carbocycles. The summed E-state index contributed by atoms with van der Waals surface area (Å²) in [6.07, 6.45) is -0.231. The first-order valence-corrected chi connectivity index (χ1v) is 9.42. The van der Waals surface area contributed by atoms with Crippen LogP contribution < -0.4 is 5.32 Å². The first kappa shape index (κ1) is 20.4. The fourth-order valence-corrected chi connectivity index (χ4v) is 3.30. The lowest BCUT2D eigenvalue weighted by atomic mass is 9.93. The monoisotopic (exact) mass is 396 g/mol. The summed E-state index contributed by atoms with van der Waals surface area (Å²) >= 11 is 0. The molecule has 29 heavy (non-hydrogen) atoms. The number of carbonyl (C=O) groups excluding carboxylic acids is 3. The molecule has 0 unspecified atom stereocenters. The summed E-state index contributed by atoms with van der Waals surface area (Å²) in [4.78, 5) is 38.7. The summed E-state index contributed by atoms with van der Waals surface area (Å²) < 4.78 is 10.1. The van der Waals surface area contributed by atoms with Crippen molar-refractivity contribution in [1.82, 2.24) is 10.2 Å². The lowest BCUT2D eigenvalue weighted by Crippen LogP contribution is -2.55. The third kappa shape index (κ3) is 4.93. The van der Waals surface area contributed by atoms with Gasteiger partial charge < -0.3 is 14.8 Å². The van der Waals surface area contributed by atoms with Gasteiger partial charge in [0.25, 0.3) is 0 Å². The number of benzene rings is 2. The van der Waals surface area contributed by atoms with Gasteiger partial charge in [0, 0.05) is 6.42 Å². The number of amides is 2. The first-order chi connectivity index (χ1) is 14.0. The zero-order chi connectivity index (χ0) is 20.8. The molecule has 1 heterocycles. The third-order valence-corrected chi connectivity index (χ3v) is 4.90. The number of nitrogens with one attached hydrogen (secondary N) is 1. The predicted octanol–water partition coefficient (Wildman–Crippen LogP) is 2.43. The fraction of sp³-hybridized carbons (Fsp3) is 0.318. The number of hydrogen-bond donors (Lipinski definition) is 1. The van der Waals surface area contributed by atoms with Crippen molar-refractivity contribution in [3.63, 3.8) is 0 Å². The number of esters is 1. The lowest BCUT2D eigenvalue weighted by Gasteiger charge is -2.35. The quantitative estimate of drug-likeness (QED) is 0.785. The minimum atomic E-state index is -0.813. The summed E-state index contributed by atoms with van der Waals surface area (Å²) in [5.41, 5.74) is 2.82. The molecule has 0 aromatic heterocycles. The molecule has 0 fully saturated rings. The summed E-state index contributed by atoms with van der Waals surface area (Å²) in [5, 5.41) is 2.63. The van der Waals surface area contributed by atoms with Crippen LogP contribution in [0, 0.1) is 0 Å². The molecule has 0 bridgehead atoms. The molecule has 2 amide bonds. The number of methoxy groups -OCH3 is 1. The molecule has 152 valence electrons. The summed E-state index contributed by atoms with van der Waals surface area (Å²) in [7, 11) is 1.26. The van der Waals surface area contributed by atoms with E-state index < -0.39 is 30.1 Å². The minimum Gasteiger partial charge on any atom is -0.467 e. The molecular weight excluding hydrogens is 372 g/mol. The van der Waals surface area contributed by atoms with E-state index in [-0.39, 0.29) is 13.2 Å². The zero-order valence-corrected chi connectivity index (χ0v) is 16.5. The number of hydrogen-bond acceptors (Lipinski definition) is 5. The maximum Gasteiger partial charge on any atom is 0.411 e. The van der Waals surface area contributed by atoms with E-state index in [2.05, 4.69) is 10.1 Å². The van der Waals surface area contributed by atoms with E-state index in [0.717, 1.165) is 16.7 Å². The maximum atomic E-state index is 12.9. The highest BCUT2D eigenvalue weighted by Gasteiger charge is 2.36. The Morgan fingerprint density at radius 3 is 2.41 bits per heavy atom. The molecule has 0 saturated heterocycles. The van der Waals surface area contributed by atoms with Crippen molar-refractivity contribution < 1.29 is 23.9 Å². The Hall–Kier alpha value is -3.35. The molecule has 3 rings (SSSR count). The van der Waals surface area contributed by atoms with Gasteiger partial charge in [-0.2, -0.15) is 0 Å². The Bertz CT molecular complexity index is 884. The zero-order valence-electron chi connectivity index (χ0n) is 16.5. The van der Waals surface area contributed by atoms with Crippen molar-refractivity contribution in [2.75, 3.05) is 7.11 Å². The standard InChI is InChI=1S/C22H24N2O5/c1-15(21(26)28-2)23-20(25)19-12-17-10-6-7-11-18(17)13-24(19)22(27)29-14-16-8-4-3-5-9-16/h3-11,15,19H,12-14H2,1-2H3,(H,23,25)/t15-,19-/m0/s1. The number of ether oxygens (including phenoxy) is 2. The largest absolute Gasteiger partial charge is 0.467 e. The van der Waals surface area contributed by atoms with Crippen molar-refractivity contribution in [2.45, 2.75) is 38.6 Å². The van der Waals surface area contributed by atoms with E-state index in [1.54, 1.807) is 6.92 Å². The van der Waals surface area contributed by atoms with Gasteiger partial charge in [0.1, 0.15) is 18.7 Å². The van der Waals surface area contributed by atoms with Crippen LogP contribution in [0.1, 0.15) is 23.6 Å². The third-order valence-electron chi connectivity index (χ3n) is 4.90. The average molecular weight is 396 g/mol. The second-order valence-electron chi connectivity index (χ2n) is 6.91. The topological polar surface area (TPSA) is 84.9 Å². The molecular formula is C22H24N2O5. The van der Waals surface area contributed by atoms with Gasteiger partial charge in [-0.15, -0.1) is 0 Å². The van der Waals surface area contributed by atoms with E-state index in [1.165, 1.54) is 12.0 Å². The second-order valence-corrected chi connectivity index (χ2v) is 6.91. The number of nitrogens with zero attached hydrogens (tertiary/aromatic N) is 1. The van der Waals surface area contributed by atoms with Gasteiger partial charge in [-0.05, 0) is 23.6 Å². The molecule has 7 heteroatoms. The van der Waals surface area contributed by atoms with Crippen molar-refractivity contribution >= 4 is 18.0 Å². The van der Waals surface area contributed by atoms with Gasteiger partial charge in [0.05, 0.1) is 13.7 Å². The predicted molar refractivity (Wildman–Crippen MR) is 106 cm³/mol. The SMILES string of the molecule is COC(=O)[C@H](C)NC(=O)[C@@H]1Cc2ccccc2CN1C(=O)OCc1ccccc1. The molecule has 0 spiro atoms. The molecule has 1 aliphatic rings. The normalized spacial score (nSPS) is 16.3.